The number of thiazole rings is 1. The molecule has 2 heterocycles. The Balaban J connectivity index is 1.72. The highest BCUT2D eigenvalue weighted by Gasteiger charge is 2.24. The van der Waals surface area contributed by atoms with Crippen molar-refractivity contribution in [2.45, 2.75) is 42.7 Å². The smallest absolute Gasteiger partial charge is 0.239 e. The van der Waals surface area contributed by atoms with Crippen molar-refractivity contribution in [2.24, 2.45) is 0 Å². The lowest BCUT2D eigenvalue weighted by Crippen LogP contribution is -2.13. The average Bonchev–Trinajstić information content (AvgIpc) is 3.17. The molecule has 0 aliphatic carbocycles. The molecule has 120 valence electrons. The molecule has 0 spiro atoms. The van der Waals surface area contributed by atoms with Crippen molar-refractivity contribution in [2.75, 3.05) is 0 Å². The highest BCUT2D eigenvalue weighted by Crippen LogP contribution is 2.37. The summed E-state index contributed by atoms with van der Waals surface area (Å²) in [5.41, 5.74) is 2.04. The maximum absolute atomic E-state index is 5.41. The molecule has 0 aliphatic heterocycles. The molecule has 0 unspecified atom stereocenters. The van der Waals surface area contributed by atoms with Crippen molar-refractivity contribution in [1.29, 1.82) is 0 Å². The minimum Gasteiger partial charge on any atom is -0.338 e. The van der Waals surface area contributed by atoms with E-state index in [1.165, 1.54) is 0 Å². The van der Waals surface area contributed by atoms with E-state index in [1.807, 2.05) is 18.2 Å². The fraction of sp³-hybridized carbons (Fsp3) is 0.353. The molecule has 6 heteroatoms. The van der Waals surface area contributed by atoms with Crippen molar-refractivity contribution >= 4 is 23.1 Å². The Labute approximate surface area is 144 Å². The lowest BCUT2D eigenvalue weighted by Gasteiger charge is -2.11. The fourth-order valence-corrected chi connectivity index (χ4v) is 3.96. The second-order valence-corrected chi connectivity index (χ2v) is 8.78. The first-order valence-corrected chi connectivity index (χ1v) is 9.21. The first kappa shape index (κ1) is 16.2. The van der Waals surface area contributed by atoms with E-state index in [9.17, 15) is 0 Å². The summed E-state index contributed by atoms with van der Waals surface area (Å²) in [6.45, 7) is 8.29. The van der Waals surface area contributed by atoms with Crippen LogP contribution in [-0.2, 0) is 5.41 Å². The highest BCUT2D eigenvalue weighted by molar-refractivity contribution is 8.01. The van der Waals surface area contributed by atoms with E-state index in [4.69, 9.17) is 9.51 Å². The maximum atomic E-state index is 5.41. The van der Waals surface area contributed by atoms with Gasteiger partial charge in [0, 0.05) is 16.4 Å². The predicted molar refractivity (Wildman–Crippen MR) is 94.8 cm³/mol. The SMILES string of the molecule is C[C@@H](Sc1nc(-c2ccccc2)cs1)c1nc(C(C)(C)C)no1. The van der Waals surface area contributed by atoms with Crippen LogP contribution in [0.2, 0.25) is 0 Å². The number of thioether (sulfide) groups is 1. The number of rotatable bonds is 4. The summed E-state index contributed by atoms with van der Waals surface area (Å²) in [5, 5.41) is 6.25. The summed E-state index contributed by atoms with van der Waals surface area (Å²) in [6.07, 6.45) is 0. The standard InChI is InChI=1S/C17H19N3OS2/c1-11(14-19-15(20-21-14)17(2,3)4)23-16-18-13(10-22-16)12-8-6-5-7-9-12/h5-11H,1-4H3/t11-/m1/s1. The number of benzene rings is 1. The molecule has 0 aliphatic rings. The van der Waals surface area contributed by atoms with Gasteiger partial charge in [0.1, 0.15) is 0 Å². The Morgan fingerprint density at radius 3 is 2.52 bits per heavy atom. The molecule has 3 rings (SSSR count). The second-order valence-electron chi connectivity index (χ2n) is 6.33. The molecule has 0 radical (unpaired) electrons. The number of nitrogens with zero attached hydrogens (tertiary/aromatic N) is 3. The molecule has 3 aromatic rings. The van der Waals surface area contributed by atoms with Crippen LogP contribution < -0.4 is 0 Å². The van der Waals surface area contributed by atoms with E-state index in [2.05, 4.69) is 55.3 Å². The summed E-state index contributed by atoms with van der Waals surface area (Å²) >= 11 is 3.29. The molecule has 1 atom stereocenters. The Morgan fingerprint density at radius 2 is 1.87 bits per heavy atom. The van der Waals surface area contributed by atoms with Gasteiger partial charge in [0.25, 0.3) is 0 Å². The Hall–Kier alpha value is -1.66. The van der Waals surface area contributed by atoms with Crippen LogP contribution in [0.3, 0.4) is 0 Å². The molecular formula is C17H19N3OS2. The minimum absolute atomic E-state index is 0.0772. The van der Waals surface area contributed by atoms with Gasteiger partial charge in [-0.25, -0.2) is 4.98 Å². The molecule has 23 heavy (non-hydrogen) atoms. The highest BCUT2D eigenvalue weighted by atomic mass is 32.2. The molecule has 0 saturated heterocycles. The summed E-state index contributed by atoms with van der Waals surface area (Å²) in [5.74, 6) is 1.39. The van der Waals surface area contributed by atoms with Gasteiger partial charge in [0.05, 0.1) is 10.9 Å². The van der Waals surface area contributed by atoms with Crippen molar-refractivity contribution < 1.29 is 4.52 Å². The zero-order chi connectivity index (χ0) is 16.4. The second kappa shape index (κ2) is 6.45. The van der Waals surface area contributed by atoms with Crippen LogP contribution >= 0.6 is 23.1 Å². The topological polar surface area (TPSA) is 51.8 Å². The zero-order valence-electron chi connectivity index (χ0n) is 13.6. The van der Waals surface area contributed by atoms with Gasteiger partial charge in [-0.3, -0.25) is 0 Å². The first-order chi connectivity index (χ1) is 10.9. The molecule has 0 saturated carbocycles. The molecular weight excluding hydrogens is 326 g/mol. The third-order valence-electron chi connectivity index (χ3n) is 3.29. The normalized spacial score (nSPS) is 13.2. The summed E-state index contributed by atoms with van der Waals surface area (Å²) < 4.78 is 6.42. The van der Waals surface area contributed by atoms with Crippen LogP contribution in [-0.4, -0.2) is 15.1 Å². The molecule has 0 bridgehead atoms. The Bertz CT molecular complexity index is 774. The van der Waals surface area contributed by atoms with Crippen LogP contribution in [0.4, 0.5) is 0 Å². The lowest BCUT2D eigenvalue weighted by molar-refractivity contribution is 0.364. The van der Waals surface area contributed by atoms with Gasteiger partial charge in [-0.05, 0) is 6.92 Å². The molecule has 0 N–H and O–H groups in total. The molecule has 1 aromatic carbocycles. The van der Waals surface area contributed by atoms with Gasteiger partial charge >= 0.3 is 0 Å². The minimum atomic E-state index is -0.103. The third-order valence-corrected chi connectivity index (χ3v) is 5.35. The molecule has 0 amide bonds. The van der Waals surface area contributed by atoms with Crippen molar-refractivity contribution in [3.05, 3.63) is 47.4 Å². The van der Waals surface area contributed by atoms with Gasteiger partial charge in [-0.1, -0.05) is 68.0 Å². The van der Waals surface area contributed by atoms with Crippen molar-refractivity contribution in [1.82, 2.24) is 15.1 Å². The van der Waals surface area contributed by atoms with Crippen LogP contribution in [0.25, 0.3) is 11.3 Å². The quantitative estimate of drug-likeness (QED) is 0.597. The van der Waals surface area contributed by atoms with Crippen LogP contribution in [0.5, 0.6) is 0 Å². The van der Waals surface area contributed by atoms with Crippen LogP contribution in [0.15, 0.2) is 44.6 Å². The summed E-state index contributed by atoms with van der Waals surface area (Å²) in [4.78, 5) is 9.21. The van der Waals surface area contributed by atoms with Crippen molar-refractivity contribution in [3.63, 3.8) is 0 Å². The van der Waals surface area contributed by atoms with Crippen molar-refractivity contribution in [3.8, 4) is 11.3 Å². The van der Waals surface area contributed by atoms with Gasteiger partial charge in [-0.2, -0.15) is 4.98 Å². The zero-order valence-corrected chi connectivity index (χ0v) is 15.2. The van der Waals surface area contributed by atoms with E-state index >= 15 is 0 Å². The van der Waals surface area contributed by atoms with Crippen LogP contribution in [0, 0.1) is 0 Å². The molecule has 2 aromatic heterocycles. The maximum Gasteiger partial charge on any atom is 0.239 e. The predicted octanol–water partition coefficient (Wildman–Crippen LogP) is 5.34. The van der Waals surface area contributed by atoms with E-state index in [-0.39, 0.29) is 10.7 Å². The summed E-state index contributed by atoms with van der Waals surface area (Å²) in [6, 6.07) is 10.2. The van der Waals surface area contributed by atoms with E-state index in [1.54, 1.807) is 23.1 Å². The largest absolute Gasteiger partial charge is 0.338 e. The van der Waals surface area contributed by atoms with Gasteiger partial charge in [0.2, 0.25) is 5.89 Å². The lowest BCUT2D eigenvalue weighted by atomic mass is 9.96. The average molecular weight is 345 g/mol. The van der Waals surface area contributed by atoms with Gasteiger partial charge in [0.15, 0.2) is 10.2 Å². The fourth-order valence-electron chi connectivity index (χ4n) is 1.96. The van der Waals surface area contributed by atoms with Gasteiger partial charge in [-0.15, -0.1) is 11.3 Å². The number of hydrogen-bond donors (Lipinski definition) is 0. The van der Waals surface area contributed by atoms with E-state index in [0.717, 1.165) is 21.4 Å². The first-order valence-electron chi connectivity index (χ1n) is 7.45. The summed E-state index contributed by atoms with van der Waals surface area (Å²) in [7, 11) is 0. The van der Waals surface area contributed by atoms with Gasteiger partial charge < -0.3 is 4.52 Å². The number of hydrogen-bond acceptors (Lipinski definition) is 6. The monoisotopic (exact) mass is 345 g/mol. The Morgan fingerprint density at radius 1 is 1.13 bits per heavy atom. The van der Waals surface area contributed by atoms with Crippen LogP contribution in [0.1, 0.15) is 44.7 Å². The molecule has 4 nitrogen and oxygen atoms in total. The number of aromatic nitrogens is 3. The van der Waals surface area contributed by atoms with E-state index in [0.29, 0.717) is 5.89 Å². The molecule has 0 fully saturated rings. The van der Waals surface area contributed by atoms with E-state index < -0.39 is 0 Å². The Kier molecular flexibility index (Phi) is 4.55. The third kappa shape index (κ3) is 3.82.